The second-order valence-electron chi connectivity index (χ2n) is 6.30. The number of amides is 1. The van der Waals surface area contributed by atoms with Gasteiger partial charge in [0.2, 0.25) is 16.0 Å². The predicted octanol–water partition coefficient (Wildman–Crippen LogP) is 0.120. The SMILES string of the molecule is CS(=O)(=O)N1CCC(Oc2ccccc2C(=O)NCc2nc(N)n[nH]2)CC1. The number of aromatic nitrogens is 3. The number of piperidine rings is 1. The molecule has 146 valence electrons. The van der Waals surface area contributed by atoms with Crippen LogP contribution in [0.4, 0.5) is 5.95 Å². The van der Waals surface area contributed by atoms with E-state index in [1.165, 1.54) is 10.6 Å². The molecule has 11 heteroatoms. The van der Waals surface area contributed by atoms with Gasteiger partial charge in [0.15, 0.2) is 0 Å². The maximum absolute atomic E-state index is 12.5. The Labute approximate surface area is 157 Å². The summed E-state index contributed by atoms with van der Waals surface area (Å²) in [5, 5.41) is 9.06. The number of hydrogen-bond acceptors (Lipinski definition) is 7. The molecule has 1 aliphatic rings. The Balaban J connectivity index is 1.61. The third kappa shape index (κ3) is 4.95. The Hall–Kier alpha value is -2.66. The molecular formula is C16H22N6O4S. The molecule has 0 unspecified atom stereocenters. The molecule has 1 amide bonds. The van der Waals surface area contributed by atoms with E-state index in [1.54, 1.807) is 24.3 Å². The van der Waals surface area contributed by atoms with Gasteiger partial charge in [0.1, 0.15) is 17.7 Å². The minimum Gasteiger partial charge on any atom is -0.489 e. The van der Waals surface area contributed by atoms with Crippen molar-refractivity contribution in [1.29, 1.82) is 0 Å². The lowest BCUT2D eigenvalue weighted by atomic mass is 10.1. The summed E-state index contributed by atoms with van der Waals surface area (Å²) in [7, 11) is -3.18. The molecule has 2 heterocycles. The monoisotopic (exact) mass is 394 g/mol. The summed E-state index contributed by atoms with van der Waals surface area (Å²) in [6.07, 6.45) is 2.20. The van der Waals surface area contributed by atoms with Crippen molar-refractivity contribution in [2.45, 2.75) is 25.5 Å². The number of carbonyl (C=O) groups excluding carboxylic acids is 1. The molecular weight excluding hydrogens is 372 g/mol. The first kappa shape index (κ1) is 19.1. The summed E-state index contributed by atoms with van der Waals surface area (Å²) in [5.41, 5.74) is 5.83. The van der Waals surface area contributed by atoms with Gasteiger partial charge in [0.05, 0.1) is 18.4 Å². The molecule has 0 radical (unpaired) electrons. The number of sulfonamides is 1. The van der Waals surface area contributed by atoms with Gasteiger partial charge < -0.3 is 15.8 Å². The van der Waals surface area contributed by atoms with Crippen molar-refractivity contribution in [1.82, 2.24) is 24.8 Å². The number of ether oxygens (including phenoxy) is 1. The predicted molar refractivity (Wildman–Crippen MR) is 98.5 cm³/mol. The van der Waals surface area contributed by atoms with E-state index in [9.17, 15) is 13.2 Å². The van der Waals surface area contributed by atoms with Crippen LogP contribution < -0.4 is 15.8 Å². The number of carbonyl (C=O) groups is 1. The zero-order valence-electron chi connectivity index (χ0n) is 14.9. The molecule has 0 atom stereocenters. The molecule has 0 aliphatic carbocycles. The fourth-order valence-corrected chi connectivity index (χ4v) is 3.74. The standard InChI is InChI=1S/C16H22N6O4S/c1-27(24,25)22-8-6-11(7-9-22)26-13-5-3-2-4-12(13)15(23)18-10-14-19-16(17)21-20-14/h2-5,11H,6-10H2,1H3,(H,18,23)(H3,17,19,20,21). The number of nitrogens with two attached hydrogens (primary N) is 1. The minimum absolute atomic E-state index is 0.114. The van der Waals surface area contributed by atoms with Gasteiger partial charge >= 0.3 is 0 Å². The normalized spacial score (nSPS) is 16.2. The number of nitrogens with zero attached hydrogens (tertiary/aromatic N) is 3. The van der Waals surface area contributed by atoms with Crippen LogP contribution in [0.2, 0.25) is 0 Å². The first-order chi connectivity index (χ1) is 12.8. The third-order valence-electron chi connectivity index (χ3n) is 4.26. The highest BCUT2D eigenvalue weighted by atomic mass is 32.2. The summed E-state index contributed by atoms with van der Waals surface area (Å²) in [4.78, 5) is 16.4. The Kier molecular flexibility index (Phi) is 5.61. The van der Waals surface area contributed by atoms with E-state index in [-0.39, 0.29) is 24.5 Å². The van der Waals surface area contributed by atoms with Crippen molar-refractivity contribution in [3.05, 3.63) is 35.7 Å². The summed E-state index contributed by atoms with van der Waals surface area (Å²) < 4.78 is 30.6. The van der Waals surface area contributed by atoms with Crippen molar-refractivity contribution in [2.24, 2.45) is 0 Å². The van der Waals surface area contributed by atoms with Crippen molar-refractivity contribution < 1.29 is 17.9 Å². The average molecular weight is 394 g/mol. The van der Waals surface area contributed by atoms with Crippen molar-refractivity contribution >= 4 is 21.9 Å². The minimum atomic E-state index is -3.18. The molecule has 1 aromatic heterocycles. The van der Waals surface area contributed by atoms with E-state index in [2.05, 4.69) is 20.5 Å². The number of para-hydroxylation sites is 1. The van der Waals surface area contributed by atoms with Crippen LogP contribution in [-0.2, 0) is 16.6 Å². The Morgan fingerprint density at radius 3 is 2.70 bits per heavy atom. The largest absolute Gasteiger partial charge is 0.489 e. The van der Waals surface area contributed by atoms with Crippen molar-refractivity contribution in [3.63, 3.8) is 0 Å². The molecule has 1 fully saturated rings. The highest BCUT2D eigenvalue weighted by Gasteiger charge is 2.26. The quantitative estimate of drug-likeness (QED) is 0.631. The van der Waals surface area contributed by atoms with Gasteiger partial charge in [-0.2, -0.15) is 4.98 Å². The van der Waals surface area contributed by atoms with Gasteiger partial charge in [-0.05, 0) is 25.0 Å². The fraction of sp³-hybridized carbons (Fsp3) is 0.438. The molecule has 4 N–H and O–H groups in total. The van der Waals surface area contributed by atoms with Crippen LogP contribution in [0.15, 0.2) is 24.3 Å². The molecule has 27 heavy (non-hydrogen) atoms. The molecule has 1 aliphatic heterocycles. The van der Waals surface area contributed by atoms with Crippen LogP contribution in [0.3, 0.4) is 0 Å². The van der Waals surface area contributed by atoms with Gasteiger partial charge in [-0.1, -0.05) is 12.1 Å². The topological polar surface area (TPSA) is 143 Å². The highest BCUT2D eigenvalue weighted by Crippen LogP contribution is 2.24. The highest BCUT2D eigenvalue weighted by molar-refractivity contribution is 7.88. The number of nitrogens with one attached hydrogen (secondary N) is 2. The number of anilines is 1. The van der Waals surface area contributed by atoms with Crippen LogP contribution in [0.25, 0.3) is 0 Å². The van der Waals surface area contributed by atoms with E-state index in [0.717, 1.165) is 0 Å². The maximum Gasteiger partial charge on any atom is 0.255 e. The first-order valence-electron chi connectivity index (χ1n) is 8.48. The maximum atomic E-state index is 12.5. The summed E-state index contributed by atoms with van der Waals surface area (Å²) >= 11 is 0. The number of nitrogen functional groups attached to an aromatic ring is 1. The molecule has 1 aromatic carbocycles. The van der Waals surface area contributed by atoms with Crippen LogP contribution in [0.5, 0.6) is 5.75 Å². The van der Waals surface area contributed by atoms with E-state index in [0.29, 0.717) is 43.1 Å². The summed E-state index contributed by atoms with van der Waals surface area (Å²) in [6, 6.07) is 6.94. The number of hydrogen-bond donors (Lipinski definition) is 3. The molecule has 10 nitrogen and oxygen atoms in total. The second kappa shape index (κ2) is 7.92. The van der Waals surface area contributed by atoms with Crippen LogP contribution in [0.1, 0.15) is 29.0 Å². The lowest BCUT2D eigenvalue weighted by molar-refractivity contribution is 0.0935. The van der Waals surface area contributed by atoms with Crippen molar-refractivity contribution in [3.8, 4) is 5.75 Å². The van der Waals surface area contributed by atoms with E-state index >= 15 is 0 Å². The van der Waals surface area contributed by atoms with Crippen LogP contribution in [0, 0.1) is 0 Å². The zero-order chi connectivity index (χ0) is 19.4. The first-order valence-corrected chi connectivity index (χ1v) is 10.3. The Morgan fingerprint density at radius 1 is 1.37 bits per heavy atom. The van der Waals surface area contributed by atoms with E-state index in [1.807, 2.05) is 0 Å². The van der Waals surface area contributed by atoms with Gasteiger partial charge in [0, 0.05) is 13.1 Å². The summed E-state index contributed by atoms with van der Waals surface area (Å²) in [6.45, 7) is 0.972. The van der Waals surface area contributed by atoms with Gasteiger partial charge in [-0.3, -0.25) is 9.89 Å². The van der Waals surface area contributed by atoms with Crippen LogP contribution >= 0.6 is 0 Å². The third-order valence-corrected chi connectivity index (χ3v) is 5.56. The van der Waals surface area contributed by atoms with Gasteiger partial charge in [-0.25, -0.2) is 12.7 Å². The Morgan fingerprint density at radius 2 is 2.07 bits per heavy atom. The molecule has 0 bridgehead atoms. The van der Waals surface area contributed by atoms with E-state index in [4.69, 9.17) is 10.5 Å². The lowest BCUT2D eigenvalue weighted by Crippen LogP contribution is -2.41. The molecule has 2 aromatic rings. The smallest absolute Gasteiger partial charge is 0.255 e. The second-order valence-corrected chi connectivity index (χ2v) is 8.28. The molecule has 0 saturated carbocycles. The lowest BCUT2D eigenvalue weighted by Gasteiger charge is -2.30. The molecule has 0 spiro atoms. The van der Waals surface area contributed by atoms with E-state index < -0.39 is 10.0 Å². The number of benzene rings is 1. The molecule has 1 saturated heterocycles. The van der Waals surface area contributed by atoms with Gasteiger partial charge in [-0.15, -0.1) is 5.10 Å². The van der Waals surface area contributed by atoms with Crippen molar-refractivity contribution in [2.75, 3.05) is 25.1 Å². The Bertz CT molecular complexity index is 905. The number of H-pyrrole nitrogens is 1. The number of aromatic amines is 1. The van der Waals surface area contributed by atoms with Crippen LogP contribution in [-0.4, -0.2) is 59.3 Å². The summed E-state index contributed by atoms with van der Waals surface area (Å²) in [5.74, 6) is 0.717. The average Bonchev–Trinajstić information content (AvgIpc) is 3.05. The fourth-order valence-electron chi connectivity index (χ4n) is 2.87. The number of rotatable bonds is 6. The van der Waals surface area contributed by atoms with Gasteiger partial charge in [0.25, 0.3) is 5.91 Å². The zero-order valence-corrected chi connectivity index (χ0v) is 15.7. The molecule has 3 rings (SSSR count).